The zero-order chi connectivity index (χ0) is 14.6. The van der Waals surface area contributed by atoms with Crippen LogP contribution in [0.3, 0.4) is 0 Å². The Morgan fingerprint density at radius 1 is 1.30 bits per heavy atom. The lowest BCUT2D eigenvalue weighted by Gasteiger charge is -2.33. The minimum Gasteiger partial charge on any atom is -0.505 e. The lowest BCUT2D eigenvalue weighted by atomic mass is 9.74. The van der Waals surface area contributed by atoms with E-state index in [0.29, 0.717) is 12.8 Å². The van der Waals surface area contributed by atoms with E-state index in [-0.39, 0.29) is 17.9 Å². The molecule has 20 heavy (non-hydrogen) atoms. The third kappa shape index (κ3) is 2.89. The van der Waals surface area contributed by atoms with E-state index in [2.05, 4.69) is 10.3 Å². The summed E-state index contributed by atoms with van der Waals surface area (Å²) in [6, 6.07) is 1.40. The van der Waals surface area contributed by atoms with Gasteiger partial charge >= 0.3 is 5.97 Å². The highest BCUT2D eigenvalue weighted by Crippen LogP contribution is 2.36. The van der Waals surface area contributed by atoms with Gasteiger partial charge in [0, 0.05) is 12.7 Å². The van der Waals surface area contributed by atoms with Crippen molar-refractivity contribution in [1.82, 2.24) is 10.3 Å². The number of carboxylic acids is 1. The molecule has 0 saturated heterocycles. The van der Waals surface area contributed by atoms with Gasteiger partial charge in [0.25, 0.3) is 5.91 Å². The number of hydrogen-bond donors (Lipinski definition) is 3. The van der Waals surface area contributed by atoms with Crippen LogP contribution in [0.2, 0.25) is 0 Å². The first-order valence-corrected chi connectivity index (χ1v) is 6.70. The smallest absolute Gasteiger partial charge is 0.311 e. The molecule has 6 nitrogen and oxygen atoms in total. The van der Waals surface area contributed by atoms with Crippen LogP contribution in [0.5, 0.6) is 5.75 Å². The standard InChI is InChI=1S/C14H18N2O4/c17-11-8-15-7-4-10(11)12(18)16-9-14(13(19)20)5-2-1-3-6-14/h4,7-8,17H,1-3,5-6,9H2,(H,16,18)(H,19,20). The number of hydrogen-bond acceptors (Lipinski definition) is 4. The van der Waals surface area contributed by atoms with Gasteiger partial charge in [-0.1, -0.05) is 19.3 Å². The van der Waals surface area contributed by atoms with E-state index in [4.69, 9.17) is 0 Å². The Hall–Kier alpha value is -2.11. The van der Waals surface area contributed by atoms with Gasteiger partial charge in [0.05, 0.1) is 17.2 Å². The first-order chi connectivity index (χ1) is 9.55. The zero-order valence-electron chi connectivity index (χ0n) is 11.1. The molecule has 0 atom stereocenters. The maximum atomic E-state index is 12.0. The van der Waals surface area contributed by atoms with Crippen molar-refractivity contribution in [2.75, 3.05) is 6.54 Å². The molecule has 1 heterocycles. The number of amides is 1. The van der Waals surface area contributed by atoms with Crippen molar-refractivity contribution in [3.05, 3.63) is 24.0 Å². The highest BCUT2D eigenvalue weighted by Gasteiger charge is 2.39. The van der Waals surface area contributed by atoms with Gasteiger partial charge in [-0.15, -0.1) is 0 Å². The molecule has 1 aromatic heterocycles. The molecule has 2 rings (SSSR count). The van der Waals surface area contributed by atoms with Gasteiger partial charge in [-0.05, 0) is 18.9 Å². The molecule has 0 unspecified atom stereocenters. The highest BCUT2D eigenvalue weighted by molar-refractivity contribution is 5.96. The topological polar surface area (TPSA) is 99.5 Å². The Bertz CT molecular complexity index is 510. The normalized spacial score (nSPS) is 17.4. The molecule has 1 aromatic rings. The van der Waals surface area contributed by atoms with Crippen molar-refractivity contribution < 1.29 is 19.8 Å². The van der Waals surface area contributed by atoms with Gasteiger partial charge < -0.3 is 15.5 Å². The second-order valence-corrected chi connectivity index (χ2v) is 5.22. The largest absolute Gasteiger partial charge is 0.505 e. The molecule has 1 aliphatic rings. The van der Waals surface area contributed by atoms with Crippen molar-refractivity contribution in [2.45, 2.75) is 32.1 Å². The number of aromatic nitrogens is 1. The number of carbonyl (C=O) groups is 2. The lowest BCUT2D eigenvalue weighted by Crippen LogP contribution is -2.44. The Balaban J connectivity index is 2.05. The van der Waals surface area contributed by atoms with E-state index in [1.54, 1.807) is 0 Å². The summed E-state index contributed by atoms with van der Waals surface area (Å²) in [4.78, 5) is 27.2. The fourth-order valence-corrected chi connectivity index (χ4v) is 2.62. The minimum atomic E-state index is -0.878. The van der Waals surface area contributed by atoms with Crippen molar-refractivity contribution in [3.8, 4) is 5.75 Å². The molecule has 108 valence electrons. The monoisotopic (exact) mass is 278 g/mol. The summed E-state index contributed by atoms with van der Waals surface area (Å²) < 4.78 is 0. The van der Waals surface area contributed by atoms with E-state index in [1.807, 2.05) is 0 Å². The Morgan fingerprint density at radius 3 is 2.60 bits per heavy atom. The van der Waals surface area contributed by atoms with Gasteiger partial charge in [0.2, 0.25) is 0 Å². The van der Waals surface area contributed by atoms with E-state index < -0.39 is 17.3 Å². The summed E-state index contributed by atoms with van der Waals surface area (Å²) in [5.41, 5.74) is -0.771. The average Bonchev–Trinajstić information content (AvgIpc) is 2.46. The molecule has 6 heteroatoms. The summed E-state index contributed by atoms with van der Waals surface area (Å²) >= 11 is 0. The third-order valence-electron chi connectivity index (χ3n) is 3.90. The number of nitrogens with zero attached hydrogens (tertiary/aromatic N) is 1. The average molecular weight is 278 g/mol. The molecular formula is C14H18N2O4. The SMILES string of the molecule is O=C(NCC1(C(=O)O)CCCCC1)c1ccncc1O. The molecular weight excluding hydrogens is 260 g/mol. The summed E-state index contributed by atoms with van der Waals surface area (Å²) in [7, 11) is 0. The summed E-state index contributed by atoms with van der Waals surface area (Å²) in [5, 5.41) is 21.6. The third-order valence-corrected chi connectivity index (χ3v) is 3.90. The van der Waals surface area contributed by atoms with Gasteiger partial charge in [0.15, 0.2) is 0 Å². The number of pyridine rings is 1. The van der Waals surface area contributed by atoms with Gasteiger partial charge in [-0.25, -0.2) is 0 Å². The summed E-state index contributed by atoms with van der Waals surface area (Å²) in [6.07, 6.45) is 6.50. The maximum Gasteiger partial charge on any atom is 0.311 e. The molecule has 1 saturated carbocycles. The molecule has 0 bridgehead atoms. The van der Waals surface area contributed by atoms with E-state index in [9.17, 15) is 19.8 Å². The van der Waals surface area contributed by atoms with Crippen molar-refractivity contribution >= 4 is 11.9 Å². The second-order valence-electron chi connectivity index (χ2n) is 5.22. The predicted molar refractivity (Wildman–Crippen MR) is 71.4 cm³/mol. The maximum absolute atomic E-state index is 12.0. The predicted octanol–water partition coefficient (Wildman–Crippen LogP) is 1.55. The van der Waals surface area contributed by atoms with Crippen molar-refractivity contribution in [3.63, 3.8) is 0 Å². The number of carbonyl (C=O) groups excluding carboxylic acids is 1. The molecule has 1 aliphatic carbocycles. The highest BCUT2D eigenvalue weighted by atomic mass is 16.4. The molecule has 0 radical (unpaired) electrons. The minimum absolute atomic E-state index is 0.0862. The van der Waals surface area contributed by atoms with Crippen LogP contribution in [0.1, 0.15) is 42.5 Å². The van der Waals surface area contributed by atoms with E-state index in [0.717, 1.165) is 19.3 Å². The van der Waals surface area contributed by atoms with E-state index in [1.165, 1.54) is 18.5 Å². The Kier molecular flexibility index (Phi) is 4.22. The Labute approximate surface area is 116 Å². The van der Waals surface area contributed by atoms with Gasteiger partial charge in [0.1, 0.15) is 5.75 Å². The fourth-order valence-electron chi connectivity index (χ4n) is 2.62. The van der Waals surface area contributed by atoms with Crippen LogP contribution in [0, 0.1) is 5.41 Å². The number of aromatic hydroxyl groups is 1. The van der Waals surface area contributed by atoms with Crippen LogP contribution in [-0.4, -0.2) is 33.6 Å². The first-order valence-electron chi connectivity index (χ1n) is 6.70. The molecule has 0 aromatic carbocycles. The molecule has 3 N–H and O–H groups in total. The van der Waals surface area contributed by atoms with Crippen LogP contribution in [0.15, 0.2) is 18.5 Å². The lowest BCUT2D eigenvalue weighted by molar-refractivity contribution is -0.150. The van der Waals surface area contributed by atoms with Crippen LogP contribution >= 0.6 is 0 Å². The molecule has 1 amide bonds. The number of nitrogens with one attached hydrogen (secondary N) is 1. The Morgan fingerprint density at radius 2 is 2.00 bits per heavy atom. The fraction of sp³-hybridized carbons (Fsp3) is 0.500. The summed E-state index contributed by atoms with van der Waals surface area (Å²) in [6.45, 7) is 0.0862. The quantitative estimate of drug-likeness (QED) is 0.776. The summed E-state index contributed by atoms with van der Waals surface area (Å²) in [5.74, 6) is -1.55. The first kappa shape index (κ1) is 14.3. The molecule has 0 spiro atoms. The number of rotatable bonds is 4. The van der Waals surface area contributed by atoms with Crippen LogP contribution in [0.4, 0.5) is 0 Å². The van der Waals surface area contributed by atoms with Crippen LogP contribution in [-0.2, 0) is 4.79 Å². The van der Waals surface area contributed by atoms with Crippen LogP contribution < -0.4 is 5.32 Å². The van der Waals surface area contributed by atoms with Crippen molar-refractivity contribution in [2.24, 2.45) is 5.41 Å². The number of carboxylic acid groups (broad SMARTS) is 1. The second kappa shape index (κ2) is 5.90. The number of aliphatic carboxylic acids is 1. The van der Waals surface area contributed by atoms with Gasteiger partial charge in [-0.3, -0.25) is 14.6 Å². The van der Waals surface area contributed by atoms with Gasteiger partial charge in [-0.2, -0.15) is 0 Å². The van der Waals surface area contributed by atoms with Crippen molar-refractivity contribution in [1.29, 1.82) is 0 Å². The van der Waals surface area contributed by atoms with E-state index >= 15 is 0 Å². The molecule has 1 fully saturated rings. The van der Waals surface area contributed by atoms with Crippen LogP contribution in [0.25, 0.3) is 0 Å². The molecule has 0 aliphatic heterocycles. The zero-order valence-corrected chi connectivity index (χ0v) is 11.1.